The molecule has 150 valence electrons. The van der Waals surface area contributed by atoms with Crippen LogP contribution in [0.15, 0.2) is 17.8 Å². The predicted molar refractivity (Wildman–Crippen MR) is 105 cm³/mol. The van der Waals surface area contributed by atoms with Gasteiger partial charge in [0.1, 0.15) is 11.3 Å². The first-order chi connectivity index (χ1) is 13.6. The molecule has 1 saturated carbocycles. The molecule has 4 aliphatic rings. The Balaban J connectivity index is 1.22. The van der Waals surface area contributed by atoms with E-state index in [1.807, 2.05) is 16.3 Å². The summed E-state index contributed by atoms with van der Waals surface area (Å²) in [4.78, 5) is 19.3. The first-order valence-corrected chi connectivity index (χ1v) is 11.1. The molecule has 1 aliphatic carbocycles. The molecule has 2 N–H and O–H groups in total. The van der Waals surface area contributed by atoms with Crippen LogP contribution in [0.2, 0.25) is 0 Å². The lowest BCUT2D eigenvalue weighted by Crippen LogP contribution is -2.57. The average Bonchev–Trinajstić information content (AvgIpc) is 3.45. The summed E-state index contributed by atoms with van der Waals surface area (Å²) in [5.74, 6) is 0.519. The number of fused-ring (bicyclic) bond motifs is 3. The number of anilines is 1. The summed E-state index contributed by atoms with van der Waals surface area (Å²) in [6, 6.07) is 0.371. The van der Waals surface area contributed by atoms with Crippen molar-refractivity contribution >= 4 is 22.4 Å². The van der Waals surface area contributed by atoms with Gasteiger partial charge < -0.3 is 10.4 Å². The Morgan fingerprint density at radius 3 is 2.96 bits per heavy atom. The molecule has 1 unspecified atom stereocenters. The Morgan fingerprint density at radius 1 is 1.39 bits per heavy atom. The number of piperidine rings is 3. The summed E-state index contributed by atoms with van der Waals surface area (Å²) in [5, 5.41) is 24.8. The van der Waals surface area contributed by atoms with Crippen molar-refractivity contribution in [1.82, 2.24) is 24.9 Å². The molecular formula is C19H26N6O2S. The van der Waals surface area contributed by atoms with Crippen LogP contribution in [0.5, 0.6) is 0 Å². The first-order valence-electron chi connectivity index (χ1n) is 10.2. The Labute approximate surface area is 168 Å². The number of aromatic nitrogens is 4. The Bertz CT molecular complexity index is 831. The standard InChI is InChI=1S/C19H26N6O2S/c26-17(21-18-20-6-8-28-18)15-11-24-7-3-13(15)9-14(24)10-25-12-16(22-23-25)19(27)4-1-2-5-19/h6,8,12-15,27H,1-5,7,9-11H2,(H,20,21,26)/t13-,14-,15+/m1/s1. The van der Waals surface area contributed by atoms with Gasteiger partial charge in [-0.1, -0.05) is 18.1 Å². The number of nitrogens with zero attached hydrogens (tertiary/aromatic N) is 5. The van der Waals surface area contributed by atoms with Crippen molar-refractivity contribution in [3.63, 3.8) is 0 Å². The van der Waals surface area contributed by atoms with Gasteiger partial charge in [-0.05, 0) is 38.1 Å². The van der Waals surface area contributed by atoms with Crippen molar-refractivity contribution in [2.45, 2.75) is 56.7 Å². The van der Waals surface area contributed by atoms with Gasteiger partial charge in [0.2, 0.25) is 5.91 Å². The summed E-state index contributed by atoms with van der Waals surface area (Å²) in [6.07, 6.45) is 9.34. The Kier molecular flexibility index (Phi) is 4.68. The number of carbonyl (C=O) groups is 1. The zero-order valence-electron chi connectivity index (χ0n) is 15.8. The lowest BCUT2D eigenvalue weighted by Gasteiger charge is -2.49. The highest BCUT2D eigenvalue weighted by atomic mass is 32.1. The number of hydrogen-bond acceptors (Lipinski definition) is 7. The van der Waals surface area contributed by atoms with Gasteiger partial charge in [-0.2, -0.15) is 0 Å². The van der Waals surface area contributed by atoms with Gasteiger partial charge in [0.15, 0.2) is 5.13 Å². The normalized spacial score (nSPS) is 31.2. The average molecular weight is 403 g/mol. The van der Waals surface area contributed by atoms with Crippen molar-refractivity contribution in [3.8, 4) is 0 Å². The maximum Gasteiger partial charge on any atom is 0.230 e. The van der Waals surface area contributed by atoms with E-state index in [-0.39, 0.29) is 11.8 Å². The summed E-state index contributed by atoms with van der Waals surface area (Å²) in [5.41, 5.74) is -0.0787. The highest BCUT2D eigenvalue weighted by Gasteiger charge is 2.43. The minimum Gasteiger partial charge on any atom is -0.383 e. The fourth-order valence-corrected chi connectivity index (χ4v) is 5.67. The van der Waals surface area contributed by atoms with E-state index >= 15 is 0 Å². The second-order valence-electron chi connectivity index (χ2n) is 8.43. The number of nitrogens with one attached hydrogen (secondary N) is 1. The van der Waals surface area contributed by atoms with Gasteiger partial charge in [0.05, 0.1) is 18.7 Å². The lowest BCUT2D eigenvalue weighted by atomic mass is 9.75. The van der Waals surface area contributed by atoms with Crippen LogP contribution in [0.4, 0.5) is 5.13 Å². The van der Waals surface area contributed by atoms with Crippen molar-refractivity contribution < 1.29 is 9.90 Å². The molecule has 4 fully saturated rings. The molecule has 0 spiro atoms. The summed E-state index contributed by atoms with van der Waals surface area (Å²) < 4.78 is 1.88. The minimum absolute atomic E-state index is 0.0272. The molecule has 0 aromatic carbocycles. The van der Waals surface area contributed by atoms with Gasteiger partial charge in [0.25, 0.3) is 0 Å². The molecule has 2 aromatic rings. The second kappa shape index (κ2) is 7.20. The molecule has 2 bridgehead atoms. The van der Waals surface area contributed by atoms with E-state index in [1.165, 1.54) is 11.3 Å². The summed E-state index contributed by atoms with van der Waals surface area (Å²) >= 11 is 1.45. The molecule has 2 aromatic heterocycles. The van der Waals surface area contributed by atoms with Gasteiger partial charge in [-0.3, -0.25) is 14.4 Å². The second-order valence-corrected chi connectivity index (χ2v) is 9.33. The topological polar surface area (TPSA) is 96.2 Å². The van der Waals surface area contributed by atoms with Gasteiger partial charge in [0, 0.05) is 24.2 Å². The molecule has 9 heteroatoms. The van der Waals surface area contributed by atoms with Crippen LogP contribution in [-0.4, -0.2) is 55.0 Å². The van der Waals surface area contributed by atoms with Gasteiger partial charge >= 0.3 is 0 Å². The Hall–Kier alpha value is -1.84. The molecule has 8 nitrogen and oxygen atoms in total. The van der Waals surface area contributed by atoms with Crippen LogP contribution in [0.1, 0.15) is 44.2 Å². The van der Waals surface area contributed by atoms with E-state index in [1.54, 1.807) is 6.20 Å². The molecule has 3 saturated heterocycles. The van der Waals surface area contributed by atoms with Crippen LogP contribution in [0.3, 0.4) is 0 Å². The van der Waals surface area contributed by atoms with Crippen molar-refractivity contribution in [2.75, 3.05) is 18.4 Å². The number of amides is 1. The molecular weight excluding hydrogens is 376 g/mol. The van der Waals surface area contributed by atoms with E-state index in [0.717, 1.165) is 58.2 Å². The molecule has 5 heterocycles. The highest BCUT2D eigenvalue weighted by molar-refractivity contribution is 7.13. The molecule has 3 aliphatic heterocycles. The van der Waals surface area contributed by atoms with Crippen LogP contribution < -0.4 is 5.32 Å². The lowest BCUT2D eigenvalue weighted by molar-refractivity contribution is -0.127. The van der Waals surface area contributed by atoms with Crippen molar-refractivity contribution in [2.24, 2.45) is 11.8 Å². The molecule has 28 heavy (non-hydrogen) atoms. The largest absolute Gasteiger partial charge is 0.383 e. The third-order valence-electron chi connectivity index (χ3n) is 6.72. The van der Waals surface area contributed by atoms with Gasteiger partial charge in [-0.25, -0.2) is 4.98 Å². The maximum atomic E-state index is 12.7. The van der Waals surface area contributed by atoms with Crippen LogP contribution in [-0.2, 0) is 16.9 Å². The quantitative estimate of drug-likeness (QED) is 0.792. The number of aliphatic hydroxyl groups is 1. The number of thiazole rings is 1. The molecule has 4 atom stereocenters. The highest BCUT2D eigenvalue weighted by Crippen LogP contribution is 2.39. The minimum atomic E-state index is -0.789. The fourth-order valence-electron chi connectivity index (χ4n) is 5.14. The van der Waals surface area contributed by atoms with Crippen molar-refractivity contribution in [1.29, 1.82) is 0 Å². The van der Waals surface area contributed by atoms with Crippen molar-refractivity contribution in [3.05, 3.63) is 23.5 Å². The van der Waals surface area contributed by atoms with Gasteiger partial charge in [-0.15, -0.1) is 16.4 Å². The molecule has 6 rings (SSSR count). The van der Waals surface area contributed by atoms with Crippen LogP contribution in [0.25, 0.3) is 0 Å². The van der Waals surface area contributed by atoms with Crippen LogP contribution in [0, 0.1) is 11.8 Å². The first kappa shape index (κ1) is 18.2. The van der Waals surface area contributed by atoms with E-state index in [0.29, 0.717) is 22.8 Å². The summed E-state index contributed by atoms with van der Waals surface area (Å²) in [7, 11) is 0. The number of rotatable bonds is 5. The SMILES string of the molecule is O=C(Nc1nccs1)[C@H]1CN2CC[C@@H]1C[C@@H]2Cn1cc(C2(O)CCCC2)nn1. The number of carbonyl (C=O) groups excluding carboxylic acids is 1. The molecule has 1 amide bonds. The van der Waals surface area contributed by atoms with E-state index in [4.69, 9.17) is 0 Å². The van der Waals surface area contributed by atoms with E-state index in [9.17, 15) is 9.90 Å². The van der Waals surface area contributed by atoms with E-state index < -0.39 is 5.60 Å². The van der Waals surface area contributed by atoms with E-state index in [2.05, 4.69) is 25.5 Å². The third kappa shape index (κ3) is 3.35. The number of hydrogen-bond donors (Lipinski definition) is 2. The predicted octanol–water partition coefficient (Wildman–Crippen LogP) is 1.85. The monoisotopic (exact) mass is 402 g/mol. The molecule has 0 radical (unpaired) electrons. The zero-order valence-corrected chi connectivity index (χ0v) is 16.6. The van der Waals surface area contributed by atoms with Crippen LogP contribution >= 0.6 is 11.3 Å². The fraction of sp³-hybridized carbons (Fsp3) is 0.684. The smallest absolute Gasteiger partial charge is 0.230 e. The zero-order chi connectivity index (χ0) is 19.1. The third-order valence-corrected chi connectivity index (χ3v) is 7.41. The summed E-state index contributed by atoms with van der Waals surface area (Å²) in [6.45, 7) is 2.58. The maximum absolute atomic E-state index is 12.7. The Morgan fingerprint density at radius 2 is 2.25 bits per heavy atom.